The third kappa shape index (κ3) is 2.25. The van der Waals surface area contributed by atoms with E-state index in [4.69, 9.17) is 0 Å². The van der Waals surface area contributed by atoms with Crippen LogP contribution < -0.4 is 5.32 Å². The molecule has 1 atom stereocenters. The molecule has 7 heteroatoms. The van der Waals surface area contributed by atoms with Crippen molar-refractivity contribution in [3.63, 3.8) is 0 Å². The minimum atomic E-state index is -0.742. The van der Waals surface area contributed by atoms with E-state index in [1.807, 2.05) is 0 Å². The number of hydrogen-bond donors (Lipinski definition) is 1. The summed E-state index contributed by atoms with van der Waals surface area (Å²) in [5.74, 6) is -0.977. The number of carbonyl (C=O) groups is 3. The first-order chi connectivity index (χ1) is 8.00. The molecule has 90 valence electrons. The van der Waals surface area contributed by atoms with Gasteiger partial charge in [-0.1, -0.05) is 0 Å². The topological polar surface area (TPSA) is 66.5 Å². The first-order valence-corrected chi connectivity index (χ1v) is 6.52. The lowest BCUT2D eigenvalue weighted by atomic mass is 10.2. The van der Waals surface area contributed by atoms with Gasteiger partial charge < -0.3 is 5.32 Å². The third-order valence-electron chi connectivity index (χ3n) is 2.51. The minimum absolute atomic E-state index is 0.0318. The lowest BCUT2D eigenvalue weighted by molar-refractivity contribution is -0.137. The Labute approximate surface area is 110 Å². The molecular weight excluding hydrogens is 308 g/mol. The number of thiophene rings is 1. The van der Waals surface area contributed by atoms with E-state index in [1.54, 1.807) is 11.4 Å². The number of carbonyl (C=O) groups excluding carboxylic acids is 3. The Morgan fingerprint density at radius 1 is 1.59 bits per heavy atom. The molecule has 1 fully saturated rings. The van der Waals surface area contributed by atoms with Crippen molar-refractivity contribution in [3.05, 3.63) is 20.8 Å². The zero-order chi connectivity index (χ0) is 12.6. The number of hydrogen-bond acceptors (Lipinski definition) is 4. The van der Waals surface area contributed by atoms with E-state index in [0.29, 0.717) is 9.35 Å². The van der Waals surface area contributed by atoms with Crippen LogP contribution in [-0.4, -0.2) is 35.7 Å². The smallest absolute Gasteiger partial charge is 0.263 e. The molecule has 1 aromatic rings. The van der Waals surface area contributed by atoms with Crippen LogP contribution in [-0.2, 0) is 9.59 Å². The van der Waals surface area contributed by atoms with Crippen LogP contribution in [0.5, 0.6) is 0 Å². The third-order valence-corrected chi connectivity index (χ3v) is 4.35. The van der Waals surface area contributed by atoms with Crippen molar-refractivity contribution < 1.29 is 14.4 Å². The van der Waals surface area contributed by atoms with Gasteiger partial charge in [-0.3, -0.25) is 19.3 Å². The number of nitrogens with zero attached hydrogens (tertiary/aromatic N) is 1. The summed E-state index contributed by atoms with van der Waals surface area (Å²) in [6.45, 7) is 0. The summed E-state index contributed by atoms with van der Waals surface area (Å²) in [6, 6.07) is 1.02. The van der Waals surface area contributed by atoms with E-state index >= 15 is 0 Å². The van der Waals surface area contributed by atoms with Gasteiger partial charge in [0.2, 0.25) is 5.91 Å². The van der Waals surface area contributed by atoms with Gasteiger partial charge in [-0.2, -0.15) is 0 Å². The normalized spacial score (nSPS) is 19.9. The Morgan fingerprint density at radius 3 is 2.76 bits per heavy atom. The fourth-order valence-corrected chi connectivity index (χ4v) is 3.00. The van der Waals surface area contributed by atoms with Crippen LogP contribution in [0, 0.1) is 0 Å². The molecule has 1 saturated heterocycles. The second-order valence-corrected chi connectivity index (χ2v) is 5.39. The van der Waals surface area contributed by atoms with E-state index in [0.717, 1.165) is 4.90 Å². The van der Waals surface area contributed by atoms with Gasteiger partial charge in [0.25, 0.3) is 11.8 Å². The molecule has 3 amide bonds. The van der Waals surface area contributed by atoms with Gasteiger partial charge in [0.15, 0.2) is 0 Å². The highest BCUT2D eigenvalue weighted by Gasteiger charge is 2.37. The summed E-state index contributed by atoms with van der Waals surface area (Å²) in [7, 11) is 1.41. The fraction of sp³-hybridized carbons (Fsp3) is 0.300. The van der Waals surface area contributed by atoms with Gasteiger partial charge in [-0.25, -0.2) is 0 Å². The van der Waals surface area contributed by atoms with Gasteiger partial charge in [0.05, 0.1) is 6.42 Å². The van der Waals surface area contributed by atoms with E-state index < -0.39 is 6.04 Å². The summed E-state index contributed by atoms with van der Waals surface area (Å²) < 4.78 is 0.685. The standard InChI is InChI=1S/C10H9BrN2O3S/c1-13-7(14)4-6(10(13)16)12-9(15)8-5(11)2-3-17-8/h2-3,6H,4H2,1H3,(H,12,15). The highest BCUT2D eigenvalue weighted by atomic mass is 79.9. The van der Waals surface area contributed by atoms with Gasteiger partial charge in [0, 0.05) is 11.5 Å². The Bertz CT molecular complexity index is 499. The van der Waals surface area contributed by atoms with Crippen molar-refractivity contribution in [2.45, 2.75) is 12.5 Å². The van der Waals surface area contributed by atoms with E-state index in [9.17, 15) is 14.4 Å². The molecule has 1 aliphatic rings. The highest BCUT2D eigenvalue weighted by molar-refractivity contribution is 9.10. The molecule has 1 N–H and O–H groups in total. The summed E-state index contributed by atoms with van der Waals surface area (Å²) in [5.41, 5.74) is 0. The SMILES string of the molecule is CN1C(=O)CC(NC(=O)c2sccc2Br)C1=O. The molecule has 17 heavy (non-hydrogen) atoms. The lowest BCUT2D eigenvalue weighted by Gasteiger charge is -2.10. The average molecular weight is 317 g/mol. The molecule has 0 spiro atoms. The number of imide groups is 1. The first-order valence-electron chi connectivity index (χ1n) is 4.85. The molecule has 1 aliphatic heterocycles. The molecule has 0 bridgehead atoms. The molecule has 0 aliphatic carbocycles. The van der Waals surface area contributed by atoms with Crippen molar-refractivity contribution in [2.24, 2.45) is 0 Å². The number of amides is 3. The maximum Gasteiger partial charge on any atom is 0.263 e. The van der Waals surface area contributed by atoms with Crippen LogP contribution in [0.3, 0.4) is 0 Å². The number of likely N-dealkylation sites (tertiary alicyclic amines) is 1. The number of likely N-dealkylation sites (N-methyl/N-ethyl adjacent to an activating group) is 1. The maximum absolute atomic E-state index is 11.8. The van der Waals surface area contributed by atoms with Crippen LogP contribution in [0.4, 0.5) is 0 Å². The molecule has 0 radical (unpaired) electrons. The Morgan fingerprint density at radius 2 is 2.29 bits per heavy atom. The van der Waals surface area contributed by atoms with Crippen molar-refractivity contribution >= 4 is 45.0 Å². The summed E-state index contributed by atoms with van der Waals surface area (Å²) in [4.78, 5) is 36.2. The van der Waals surface area contributed by atoms with Crippen LogP contribution >= 0.6 is 27.3 Å². The lowest BCUT2D eigenvalue weighted by Crippen LogP contribution is -2.40. The number of nitrogens with one attached hydrogen (secondary N) is 1. The van der Waals surface area contributed by atoms with Crippen molar-refractivity contribution in [2.75, 3.05) is 7.05 Å². The van der Waals surface area contributed by atoms with Crippen LogP contribution in [0.25, 0.3) is 0 Å². The van der Waals surface area contributed by atoms with Crippen molar-refractivity contribution in [1.82, 2.24) is 10.2 Å². The second-order valence-electron chi connectivity index (χ2n) is 3.62. The Balaban J connectivity index is 2.08. The van der Waals surface area contributed by atoms with E-state index in [1.165, 1.54) is 18.4 Å². The first kappa shape index (κ1) is 12.3. The van der Waals surface area contributed by atoms with E-state index in [-0.39, 0.29) is 24.1 Å². The second kappa shape index (κ2) is 4.58. The van der Waals surface area contributed by atoms with Crippen LogP contribution in [0.1, 0.15) is 16.1 Å². The van der Waals surface area contributed by atoms with Crippen LogP contribution in [0.15, 0.2) is 15.9 Å². The molecule has 2 rings (SSSR count). The highest BCUT2D eigenvalue weighted by Crippen LogP contribution is 2.23. The molecule has 2 heterocycles. The van der Waals surface area contributed by atoms with Crippen LogP contribution in [0.2, 0.25) is 0 Å². The Kier molecular flexibility index (Phi) is 3.30. The van der Waals surface area contributed by atoms with Gasteiger partial charge in [0.1, 0.15) is 10.9 Å². The molecule has 5 nitrogen and oxygen atoms in total. The predicted octanol–water partition coefficient (Wildman–Crippen LogP) is 0.998. The number of halogens is 1. The van der Waals surface area contributed by atoms with Crippen molar-refractivity contribution in [3.8, 4) is 0 Å². The average Bonchev–Trinajstić information content (AvgIpc) is 2.80. The maximum atomic E-state index is 11.8. The van der Waals surface area contributed by atoms with Gasteiger partial charge >= 0.3 is 0 Å². The summed E-state index contributed by atoms with van der Waals surface area (Å²) >= 11 is 4.52. The molecule has 0 aromatic carbocycles. The quantitative estimate of drug-likeness (QED) is 0.828. The molecule has 0 saturated carbocycles. The van der Waals surface area contributed by atoms with Gasteiger partial charge in [-0.15, -0.1) is 11.3 Å². The largest absolute Gasteiger partial charge is 0.339 e. The summed E-state index contributed by atoms with van der Waals surface area (Å²) in [6.07, 6.45) is 0.0318. The monoisotopic (exact) mass is 316 g/mol. The minimum Gasteiger partial charge on any atom is -0.339 e. The zero-order valence-electron chi connectivity index (χ0n) is 8.90. The number of rotatable bonds is 2. The zero-order valence-corrected chi connectivity index (χ0v) is 11.3. The van der Waals surface area contributed by atoms with Crippen molar-refractivity contribution in [1.29, 1.82) is 0 Å². The molecular formula is C10H9BrN2O3S. The summed E-state index contributed by atoms with van der Waals surface area (Å²) in [5, 5.41) is 4.33. The molecule has 1 aromatic heterocycles. The Hall–Kier alpha value is -1.21. The van der Waals surface area contributed by atoms with E-state index in [2.05, 4.69) is 21.2 Å². The predicted molar refractivity (Wildman–Crippen MR) is 65.7 cm³/mol. The van der Waals surface area contributed by atoms with Gasteiger partial charge in [-0.05, 0) is 27.4 Å². The molecule has 1 unspecified atom stereocenters. The fourth-order valence-electron chi connectivity index (χ4n) is 1.55.